The molecule has 0 saturated carbocycles. The van der Waals surface area contributed by atoms with Crippen LogP contribution in [0.3, 0.4) is 0 Å². The van der Waals surface area contributed by atoms with E-state index in [1.165, 1.54) is 20.3 Å². The fourth-order valence-electron chi connectivity index (χ4n) is 1.92. The van der Waals surface area contributed by atoms with Crippen LogP contribution < -0.4 is 4.74 Å². The van der Waals surface area contributed by atoms with Crippen LogP contribution in [-0.4, -0.2) is 42.3 Å². The number of hydrogen-bond donors (Lipinski definition) is 0. The van der Waals surface area contributed by atoms with Crippen molar-refractivity contribution in [1.29, 1.82) is 0 Å². The molecule has 0 aliphatic carbocycles. The second-order valence-corrected chi connectivity index (χ2v) is 5.49. The topological polar surface area (TPSA) is 84.2 Å². The highest BCUT2D eigenvalue weighted by atomic mass is 35.5. The Bertz CT molecular complexity index is 799. The van der Waals surface area contributed by atoms with Gasteiger partial charge in [0.05, 0.1) is 12.8 Å². The van der Waals surface area contributed by atoms with E-state index in [0.29, 0.717) is 16.5 Å². The summed E-state index contributed by atoms with van der Waals surface area (Å²) in [6.45, 7) is 1.96. The minimum atomic E-state index is -0.777. The Balaban J connectivity index is 2.00. The van der Waals surface area contributed by atoms with E-state index in [0.717, 1.165) is 5.69 Å². The summed E-state index contributed by atoms with van der Waals surface area (Å²) in [4.78, 5) is 25.0. The average Bonchev–Trinajstić information content (AvgIpc) is 3.09. The number of ether oxygens (including phenoxy) is 1. The molecule has 0 saturated heterocycles. The van der Waals surface area contributed by atoms with E-state index < -0.39 is 5.97 Å². The number of oxime groups is 1. The molecule has 26 heavy (non-hydrogen) atoms. The van der Waals surface area contributed by atoms with Gasteiger partial charge in [0.2, 0.25) is 5.88 Å². The SMILES string of the molecule is CON=C(C=C(C)COc1ccn(-c2ccc(Cl)cc2)n1)C(=O)OOC. The molecule has 2 aromatic rings. The lowest BCUT2D eigenvalue weighted by molar-refractivity contribution is -0.247. The highest BCUT2D eigenvalue weighted by molar-refractivity contribution is 6.41. The average molecular weight is 380 g/mol. The van der Waals surface area contributed by atoms with Gasteiger partial charge in [-0.1, -0.05) is 16.8 Å². The third-order valence-electron chi connectivity index (χ3n) is 3.04. The van der Waals surface area contributed by atoms with Gasteiger partial charge in [0.25, 0.3) is 0 Å². The van der Waals surface area contributed by atoms with Crippen molar-refractivity contribution < 1.29 is 24.1 Å². The van der Waals surface area contributed by atoms with Crippen LogP contribution in [0.15, 0.2) is 53.3 Å². The quantitative estimate of drug-likeness (QED) is 0.398. The Morgan fingerprint density at radius 1 is 1.27 bits per heavy atom. The van der Waals surface area contributed by atoms with Crippen molar-refractivity contribution in [3.63, 3.8) is 0 Å². The molecule has 0 aliphatic rings. The zero-order valence-corrected chi connectivity index (χ0v) is 15.3. The first-order chi connectivity index (χ1) is 12.5. The van der Waals surface area contributed by atoms with Crippen molar-refractivity contribution in [3.05, 3.63) is 53.2 Å². The number of rotatable bonds is 8. The van der Waals surface area contributed by atoms with Gasteiger partial charge in [0.1, 0.15) is 13.7 Å². The summed E-state index contributed by atoms with van der Waals surface area (Å²) in [5.74, 6) is -0.349. The lowest BCUT2D eigenvalue weighted by atomic mass is 10.2. The molecule has 0 aliphatic heterocycles. The van der Waals surface area contributed by atoms with Crippen LogP contribution in [0.4, 0.5) is 0 Å². The summed E-state index contributed by atoms with van der Waals surface area (Å²) in [5, 5.41) is 8.56. The zero-order valence-electron chi connectivity index (χ0n) is 14.5. The predicted octanol–water partition coefficient (Wildman–Crippen LogP) is 2.96. The normalized spacial score (nSPS) is 12.0. The minimum Gasteiger partial charge on any atom is -0.472 e. The van der Waals surface area contributed by atoms with E-state index in [1.807, 2.05) is 12.1 Å². The number of nitrogens with zero attached hydrogens (tertiary/aromatic N) is 3. The largest absolute Gasteiger partial charge is 0.472 e. The minimum absolute atomic E-state index is 0.0536. The molecule has 9 heteroatoms. The molecule has 138 valence electrons. The van der Waals surface area contributed by atoms with Crippen LogP contribution in [0.2, 0.25) is 5.02 Å². The van der Waals surface area contributed by atoms with Crippen molar-refractivity contribution in [1.82, 2.24) is 9.78 Å². The number of halogens is 1. The first-order valence-corrected chi connectivity index (χ1v) is 7.89. The Kier molecular flexibility index (Phi) is 7.19. The lowest BCUT2D eigenvalue weighted by Crippen LogP contribution is -2.16. The van der Waals surface area contributed by atoms with Gasteiger partial charge >= 0.3 is 5.97 Å². The molecule has 0 N–H and O–H groups in total. The van der Waals surface area contributed by atoms with Crippen molar-refractivity contribution in [2.24, 2.45) is 5.16 Å². The molecule has 8 nitrogen and oxygen atoms in total. The molecule has 1 aromatic heterocycles. The van der Waals surface area contributed by atoms with Gasteiger partial charge in [0.15, 0.2) is 5.71 Å². The predicted molar refractivity (Wildman–Crippen MR) is 95.4 cm³/mol. The number of hydrogen-bond acceptors (Lipinski definition) is 7. The van der Waals surface area contributed by atoms with Crippen LogP contribution in [0.5, 0.6) is 5.88 Å². The number of aromatic nitrogens is 2. The van der Waals surface area contributed by atoms with E-state index in [-0.39, 0.29) is 12.3 Å². The van der Waals surface area contributed by atoms with Gasteiger partial charge in [-0.05, 0) is 42.8 Å². The lowest BCUT2D eigenvalue weighted by Gasteiger charge is -2.05. The van der Waals surface area contributed by atoms with E-state index in [2.05, 4.69) is 24.9 Å². The van der Waals surface area contributed by atoms with Crippen LogP contribution >= 0.6 is 11.6 Å². The van der Waals surface area contributed by atoms with Crippen molar-refractivity contribution in [2.75, 3.05) is 20.8 Å². The van der Waals surface area contributed by atoms with E-state index in [9.17, 15) is 4.79 Å². The van der Waals surface area contributed by atoms with E-state index >= 15 is 0 Å². The molecule has 0 atom stereocenters. The summed E-state index contributed by atoms with van der Waals surface area (Å²) in [5.41, 5.74) is 1.50. The Morgan fingerprint density at radius 2 is 2.00 bits per heavy atom. The highest BCUT2D eigenvalue weighted by Crippen LogP contribution is 2.15. The molecular formula is C17H18ClN3O5. The fourth-order valence-corrected chi connectivity index (χ4v) is 2.05. The van der Waals surface area contributed by atoms with Gasteiger partial charge in [-0.15, -0.1) is 5.10 Å². The third kappa shape index (κ3) is 5.61. The molecule has 0 radical (unpaired) electrons. The first-order valence-electron chi connectivity index (χ1n) is 7.51. The Morgan fingerprint density at radius 3 is 2.65 bits per heavy atom. The number of carbonyl (C=O) groups is 1. The van der Waals surface area contributed by atoms with E-state index in [4.69, 9.17) is 16.3 Å². The summed E-state index contributed by atoms with van der Waals surface area (Å²) >= 11 is 5.87. The smallest absolute Gasteiger partial charge is 0.394 e. The maximum Gasteiger partial charge on any atom is 0.394 e. The Hall–Kier alpha value is -2.84. The van der Waals surface area contributed by atoms with Crippen LogP contribution in [0.25, 0.3) is 5.69 Å². The maximum atomic E-state index is 11.7. The van der Waals surface area contributed by atoms with Crippen LogP contribution in [0.1, 0.15) is 6.92 Å². The van der Waals surface area contributed by atoms with Gasteiger partial charge in [-0.3, -0.25) is 4.89 Å². The second kappa shape index (κ2) is 9.59. The summed E-state index contributed by atoms with van der Waals surface area (Å²) in [7, 11) is 2.54. The maximum absolute atomic E-state index is 11.7. The monoisotopic (exact) mass is 379 g/mol. The molecule has 0 spiro atoms. The summed E-state index contributed by atoms with van der Waals surface area (Å²) in [6.07, 6.45) is 3.24. The van der Waals surface area contributed by atoms with Crippen LogP contribution in [0, 0.1) is 0 Å². The van der Waals surface area contributed by atoms with Gasteiger partial charge in [-0.2, -0.15) is 4.89 Å². The molecule has 0 bridgehead atoms. The molecule has 1 aromatic carbocycles. The van der Waals surface area contributed by atoms with Gasteiger partial charge in [0, 0.05) is 17.3 Å². The summed E-state index contributed by atoms with van der Waals surface area (Å²) in [6, 6.07) is 8.98. The molecular weight excluding hydrogens is 362 g/mol. The molecule has 2 rings (SSSR count). The molecule has 0 fully saturated rings. The number of carbonyl (C=O) groups excluding carboxylic acids is 1. The van der Waals surface area contributed by atoms with E-state index in [1.54, 1.807) is 36.0 Å². The van der Waals surface area contributed by atoms with Gasteiger partial charge in [-0.25, -0.2) is 9.48 Å². The zero-order chi connectivity index (χ0) is 18.9. The van der Waals surface area contributed by atoms with Crippen molar-refractivity contribution in [2.45, 2.75) is 6.92 Å². The third-order valence-corrected chi connectivity index (χ3v) is 3.30. The van der Waals surface area contributed by atoms with Crippen molar-refractivity contribution >= 4 is 23.3 Å². The first kappa shape index (κ1) is 19.5. The van der Waals surface area contributed by atoms with Crippen LogP contribution in [-0.2, 0) is 19.4 Å². The summed E-state index contributed by atoms with van der Waals surface area (Å²) < 4.78 is 7.27. The molecule has 0 unspecified atom stereocenters. The molecule has 1 heterocycles. The highest BCUT2D eigenvalue weighted by Gasteiger charge is 2.13. The van der Waals surface area contributed by atoms with Gasteiger partial charge < -0.3 is 9.57 Å². The van der Waals surface area contributed by atoms with Crippen molar-refractivity contribution in [3.8, 4) is 11.6 Å². The Labute approximate surface area is 155 Å². The number of benzene rings is 1. The fraction of sp³-hybridized carbons (Fsp3) is 0.235. The molecule has 0 amide bonds. The standard InChI is InChI=1S/C17H18ClN3O5/c1-12(10-15(20-23-2)17(22)26-24-3)11-25-16-8-9-21(19-16)14-6-4-13(18)5-7-14/h4-10H,11H2,1-3H3. The second-order valence-electron chi connectivity index (χ2n) is 5.05.